The molecule has 1 aliphatic heterocycles. The van der Waals surface area contributed by atoms with Crippen LogP contribution in [-0.2, 0) is 14.3 Å². The van der Waals surface area contributed by atoms with Crippen molar-refractivity contribution in [2.45, 2.75) is 24.7 Å². The molecule has 0 aliphatic carbocycles. The molecule has 1 heterocycles. The van der Waals surface area contributed by atoms with Gasteiger partial charge in [-0.05, 0) is 42.7 Å². The van der Waals surface area contributed by atoms with Gasteiger partial charge in [0.25, 0.3) is 0 Å². The molecule has 0 N–H and O–H groups in total. The van der Waals surface area contributed by atoms with Crippen LogP contribution >= 0.6 is 11.8 Å². The molecular formula is C20H23NO3S. The third-order valence-corrected chi connectivity index (χ3v) is 5.46. The Kier molecular flexibility index (Phi) is 5.97. The fourth-order valence-electron chi connectivity index (χ4n) is 3.15. The topological polar surface area (TPSA) is 46.6 Å². The number of carbonyl (C=O) groups excluding carboxylic acids is 2. The van der Waals surface area contributed by atoms with Crippen LogP contribution in [0.4, 0.5) is 0 Å². The van der Waals surface area contributed by atoms with E-state index in [9.17, 15) is 9.59 Å². The summed E-state index contributed by atoms with van der Waals surface area (Å²) in [6, 6.07) is 14.5. The number of ether oxygens (including phenoxy) is 1. The van der Waals surface area contributed by atoms with E-state index in [0.29, 0.717) is 18.9 Å². The van der Waals surface area contributed by atoms with Crippen molar-refractivity contribution in [2.24, 2.45) is 5.92 Å². The molecule has 1 unspecified atom stereocenters. The lowest BCUT2D eigenvalue weighted by Crippen LogP contribution is -2.43. The normalized spacial score (nSPS) is 17.5. The van der Waals surface area contributed by atoms with E-state index in [1.54, 1.807) is 16.7 Å². The molecule has 1 atom stereocenters. The van der Waals surface area contributed by atoms with Gasteiger partial charge in [0.15, 0.2) is 0 Å². The highest BCUT2D eigenvalue weighted by Gasteiger charge is 2.29. The summed E-state index contributed by atoms with van der Waals surface area (Å²) in [6.45, 7) is 3.41. The Labute approximate surface area is 152 Å². The Hall–Kier alpha value is -2.01. The van der Waals surface area contributed by atoms with Gasteiger partial charge in [0.2, 0.25) is 5.91 Å². The largest absolute Gasteiger partial charge is 0.466 e. The number of likely N-dealkylation sites (tertiary alicyclic amines) is 1. The first kappa shape index (κ1) is 17.8. The summed E-state index contributed by atoms with van der Waals surface area (Å²) in [4.78, 5) is 27.3. The molecule has 0 spiro atoms. The zero-order chi connectivity index (χ0) is 17.6. The monoisotopic (exact) mass is 357 g/mol. The number of rotatable bonds is 5. The summed E-state index contributed by atoms with van der Waals surface area (Å²) < 4.78 is 5.10. The van der Waals surface area contributed by atoms with E-state index < -0.39 is 0 Å². The zero-order valence-electron chi connectivity index (χ0n) is 14.4. The van der Waals surface area contributed by atoms with E-state index in [4.69, 9.17) is 4.74 Å². The Morgan fingerprint density at radius 3 is 2.80 bits per heavy atom. The fourth-order valence-corrected chi connectivity index (χ4v) is 4.00. The molecule has 1 saturated heterocycles. The van der Waals surface area contributed by atoms with Crippen LogP contribution < -0.4 is 0 Å². The van der Waals surface area contributed by atoms with Crippen molar-refractivity contribution in [1.82, 2.24) is 4.90 Å². The minimum Gasteiger partial charge on any atom is -0.466 e. The number of fused-ring (bicyclic) bond motifs is 1. The minimum absolute atomic E-state index is 0.0900. The number of benzene rings is 2. The number of nitrogens with zero attached hydrogens (tertiary/aromatic N) is 1. The van der Waals surface area contributed by atoms with Crippen molar-refractivity contribution < 1.29 is 14.3 Å². The summed E-state index contributed by atoms with van der Waals surface area (Å²) in [7, 11) is 0. The molecule has 2 aromatic rings. The van der Waals surface area contributed by atoms with Crippen molar-refractivity contribution in [2.75, 3.05) is 25.4 Å². The number of hydrogen-bond acceptors (Lipinski definition) is 4. The van der Waals surface area contributed by atoms with Crippen LogP contribution in [0.1, 0.15) is 19.8 Å². The smallest absolute Gasteiger partial charge is 0.310 e. The third kappa shape index (κ3) is 4.54. The summed E-state index contributed by atoms with van der Waals surface area (Å²) in [5.41, 5.74) is 0. The van der Waals surface area contributed by atoms with Gasteiger partial charge in [-0.1, -0.05) is 30.3 Å². The van der Waals surface area contributed by atoms with Gasteiger partial charge >= 0.3 is 5.97 Å². The number of piperidine rings is 1. The molecular weight excluding hydrogens is 334 g/mol. The third-order valence-electron chi connectivity index (χ3n) is 4.48. The van der Waals surface area contributed by atoms with Crippen LogP contribution in [0.5, 0.6) is 0 Å². The molecule has 1 aliphatic rings. The van der Waals surface area contributed by atoms with E-state index in [2.05, 4.69) is 30.3 Å². The molecule has 4 nitrogen and oxygen atoms in total. The second kappa shape index (κ2) is 8.39. The van der Waals surface area contributed by atoms with Crippen LogP contribution in [-0.4, -0.2) is 42.2 Å². The first-order valence-corrected chi connectivity index (χ1v) is 9.72. The van der Waals surface area contributed by atoms with E-state index in [0.717, 1.165) is 24.3 Å². The minimum atomic E-state index is -0.179. The number of esters is 1. The van der Waals surface area contributed by atoms with E-state index in [1.165, 1.54) is 10.8 Å². The van der Waals surface area contributed by atoms with Crippen molar-refractivity contribution in [1.29, 1.82) is 0 Å². The van der Waals surface area contributed by atoms with E-state index in [-0.39, 0.29) is 17.8 Å². The molecule has 0 aromatic heterocycles. The van der Waals surface area contributed by atoms with Crippen molar-refractivity contribution >= 4 is 34.4 Å². The molecule has 5 heteroatoms. The van der Waals surface area contributed by atoms with Crippen LogP contribution in [0.15, 0.2) is 47.4 Å². The predicted octanol–water partition coefficient (Wildman–Crippen LogP) is 3.73. The molecule has 0 saturated carbocycles. The van der Waals surface area contributed by atoms with Crippen molar-refractivity contribution in [3.8, 4) is 0 Å². The number of amides is 1. The fraction of sp³-hybridized carbons (Fsp3) is 0.400. The Balaban J connectivity index is 1.56. The highest BCUT2D eigenvalue weighted by molar-refractivity contribution is 8.00. The van der Waals surface area contributed by atoms with Crippen LogP contribution in [0, 0.1) is 5.92 Å². The van der Waals surface area contributed by atoms with E-state index in [1.807, 2.05) is 19.1 Å². The van der Waals surface area contributed by atoms with Gasteiger partial charge in [0, 0.05) is 18.0 Å². The molecule has 1 amide bonds. The summed E-state index contributed by atoms with van der Waals surface area (Å²) in [5.74, 6) is 0.131. The maximum absolute atomic E-state index is 12.5. The average Bonchev–Trinajstić information content (AvgIpc) is 2.66. The first-order valence-electron chi connectivity index (χ1n) is 8.73. The van der Waals surface area contributed by atoms with Crippen LogP contribution in [0.2, 0.25) is 0 Å². The molecule has 25 heavy (non-hydrogen) atoms. The maximum Gasteiger partial charge on any atom is 0.310 e. The molecule has 2 aromatic carbocycles. The standard InChI is InChI=1S/C20H23NO3S/c1-2-24-20(23)17-8-5-11-21(13-17)19(22)14-25-18-10-9-15-6-3-4-7-16(15)12-18/h3-4,6-7,9-10,12,17H,2,5,8,11,13-14H2,1H3. The van der Waals surface area contributed by atoms with E-state index >= 15 is 0 Å². The number of carbonyl (C=O) groups is 2. The number of hydrogen-bond donors (Lipinski definition) is 0. The number of thioether (sulfide) groups is 1. The SMILES string of the molecule is CCOC(=O)C1CCCN(C(=O)CSc2ccc3ccccc3c2)C1. The molecule has 1 fully saturated rings. The zero-order valence-corrected chi connectivity index (χ0v) is 15.3. The summed E-state index contributed by atoms with van der Waals surface area (Å²) in [6.07, 6.45) is 1.66. The summed E-state index contributed by atoms with van der Waals surface area (Å²) in [5, 5.41) is 2.38. The van der Waals surface area contributed by atoms with Crippen molar-refractivity contribution in [3.05, 3.63) is 42.5 Å². The quantitative estimate of drug-likeness (QED) is 0.604. The predicted molar refractivity (Wildman–Crippen MR) is 101 cm³/mol. The molecule has 132 valence electrons. The van der Waals surface area contributed by atoms with Gasteiger partial charge in [-0.15, -0.1) is 11.8 Å². The van der Waals surface area contributed by atoms with Crippen LogP contribution in [0.25, 0.3) is 10.8 Å². The first-order chi connectivity index (χ1) is 12.2. The maximum atomic E-state index is 12.5. The van der Waals surface area contributed by atoms with Gasteiger partial charge in [-0.3, -0.25) is 9.59 Å². The van der Waals surface area contributed by atoms with Gasteiger partial charge in [-0.2, -0.15) is 0 Å². The molecule has 0 radical (unpaired) electrons. The lowest BCUT2D eigenvalue weighted by Gasteiger charge is -2.31. The lowest BCUT2D eigenvalue weighted by atomic mass is 9.98. The van der Waals surface area contributed by atoms with Gasteiger partial charge in [-0.25, -0.2) is 0 Å². The highest BCUT2D eigenvalue weighted by Crippen LogP contribution is 2.25. The van der Waals surface area contributed by atoms with Crippen molar-refractivity contribution in [3.63, 3.8) is 0 Å². The Bertz CT molecular complexity index is 761. The molecule has 3 rings (SSSR count). The van der Waals surface area contributed by atoms with Gasteiger partial charge < -0.3 is 9.64 Å². The molecule has 0 bridgehead atoms. The second-order valence-electron chi connectivity index (χ2n) is 6.23. The summed E-state index contributed by atoms with van der Waals surface area (Å²) >= 11 is 1.55. The van der Waals surface area contributed by atoms with Gasteiger partial charge in [0.1, 0.15) is 0 Å². The second-order valence-corrected chi connectivity index (χ2v) is 7.28. The van der Waals surface area contributed by atoms with Gasteiger partial charge in [0.05, 0.1) is 18.3 Å². The Morgan fingerprint density at radius 2 is 2.00 bits per heavy atom. The highest BCUT2D eigenvalue weighted by atomic mass is 32.2. The Morgan fingerprint density at radius 1 is 1.20 bits per heavy atom. The van der Waals surface area contributed by atoms with Crippen LogP contribution in [0.3, 0.4) is 0 Å². The average molecular weight is 357 g/mol. The lowest BCUT2D eigenvalue weighted by molar-refractivity contribution is -0.151.